The van der Waals surface area contributed by atoms with Crippen LogP contribution in [0.1, 0.15) is 5.56 Å². The molecule has 0 fully saturated rings. The summed E-state index contributed by atoms with van der Waals surface area (Å²) in [5.74, 6) is 0. The summed E-state index contributed by atoms with van der Waals surface area (Å²) in [4.78, 5) is 0. The normalized spacial score (nSPS) is 10.9. The molecule has 3 heteroatoms. The van der Waals surface area contributed by atoms with Gasteiger partial charge in [0, 0.05) is 14.6 Å². The zero-order chi connectivity index (χ0) is 8.72. The average molecular weight is 353 g/mol. The van der Waals surface area contributed by atoms with E-state index in [0.29, 0.717) is 0 Å². The van der Waals surface area contributed by atoms with Gasteiger partial charge in [0.2, 0.25) is 0 Å². The molecule has 0 atom stereocenters. The van der Waals surface area contributed by atoms with E-state index in [1.165, 1.54) is 23.0 Å². The van der Waals surface area contributed by atoms with Crippen molar-refractivity contribution in [3.8, 4) is 0 Å². The van der Waals surface area contributed by atoms with Crippen LogP contribution in [0.5, 0.6) is 0 Å². The zero-order valence-electron chi connectivity index (χ0n) is 6.40. The molecule has 0 amide bonds. The Labute approximate surface area is 97.2 Å². The molecule has 0 aliphatic heterocycles. The largest absolute Gasteiger partial charge is 0.128 e. The molecule has 0 nitrogen and oxygen atoms in total. The first-order valence-electron chi connectivity index (χ1n) is 3.52. The smallest absolute Gasteiger partial charge is 0.0808 e. The summed E-state index contributed by atoms with van der Waals surface area (Å²) < 4.78 is 3.93. The molecule has 0 aliphatic carbocycles. The van der Waals surface area contributed by atoms with Gasteiger partial charge < -0.3 is 0 Å². The van der Waals surface area contributed by atoms with Gasteiger partial charge in [0.25, 0.3) is 0 Å². The second-order valence-electron chi connectivity index (χ2n) is 2.69. The van der Waals surface area contributed by atoms with Crippen molar-refractivity contribution in [1.82, 2.24) is 0 Å². The highest BCUT2D eigenvalue weighted by molar-refractivity contribution is 14.1. The van der Waals surface area contributed by atoms with E-state index >= 15 is 0 Å². The molecule has 2 aromatic rings. The van der Waals surface area contributed by atoms with Crippen LogP contribution in [-0.2, 0) is 0 Å². The van der Waals surface area contributed by atoms with Gasteiger partial charge in [-0.1, -0.05) is 11.6 Å². The second-order valence-corrected chi connectivity index (χ2v) is 6.35. The van der Waals surface area contributed by atoms with Gasteiger partial charge in [0.05, 0.1) is 2.88 Å². The van der Waals surface area contributed by atoms with Gasteiger partial charge >= 0.3 is 0 Å². The maximum Gasteiger partial charge on any atom is 0.0808 e. The molecular formula is C9H6BrIS. The molecule has 0 bridgehead atoms. The van der Waals surface area contributed by atoms with E-state index in [-0.39, 0.29) is 0 Å². The quantitative estimate of drug-likeness (QED) is 0.609. The summed E-state index contributed by atoms with van der Waals surface area (Å²) in [6.07, 6.45) is 0. The summed E-state index contributed by atoms with van der Waals surface area (Å²) in [5.41, 5.74) is 1.32. The SMILES string of the molecule is Cc1ccc2sc(I)c(Br)c2c1. The first-order valence-corrected chi connectivity index (χ1v) is 6.21. The number of rotatable bonds is 0. The van der Waals surface area contributed by atoms with Crippen molar-refractivity contribution >= 4 is 59.9 Å². The Balaban J connectivity index is 2.88. The van der Waals surface area contributed by atoms with Crippen LogP contribution in [-0.4, -0.2) is 0 Å². The van der Waals surface area contributed by atoms with E-state index in [4.69, 9.17) is 0 Å². The fraction of sp³-hybridized carbons (Fsp3) is 0.111. The minimum absolute atomic E-state index is 1.24. The predicted octanol–water partition coefficient (Wildman–Crippen LogP) is 4.58. The maximum absolute atomic E-state index is 3.59. The summed E-state index contributed by atoms with van der Waals surface area (Å²) in [5, 5.41) is 1.34. The molecule has 1 aromatic carbocycles. The van der Waals surface area contributed by atoms with E-state index in [0.717, 1.165) is 0 Å². The third-order valence-corrected chi connectivity index (χ3v) is 5.73. The highest BCUT2D eigenvalue weighted by Crippen LogP contribution is 2.36. The van der Waals surface area contributed by atoms with Crippen LogP contribution in [0.2, 0.25) is 0 Å². The van der Waals surface area contributed by atoms with Crippen molar-refractivity contribution in [1.29, 1.82) is 0 Å². The zero-order valence-corrected chi connectivity index (χ0v) is 11.0. The van der Waals surface area contributed by atoms with E-state index in [1.807, 2.05) is 11.3 Å². The molecule has 62 valence electrons. The van der Waals surface area contributed by atoms with Crippen molar-refractivity contribution in [2.45, 2.75) is 6.92 Å². The Morgan fingerprint density at radius 3 is 2.92 bits per heavy atom. The lowest BCUT2D eigenvalue weighted by Gasteiger charge is -1.92. The van der Waals surface area contributed by atoms with Gasteiger partial charge in [-0.2, -0.15) is 0 Å². The van der Waals surface area contributed by atoms with Gasteiger partial charge in [-0.3, -0.25) is 0 Å². The first-order chi connectivity index (χ1) is 5.68. The molecule has 0 radical (unpaired) electrons. The molecule has 12 heavy (non-hydrogen) atoms. The number of aryl methyl sites for hydroxylation is 1. The highest BCUT2D eigenvalue weighted by atomic mass is 127. The third kappa shape index (κ3) is 1.42. The van der Waals surface area contributed by atoms with Gasteiger partial charge in [-0.05, 0) is 57.6 Å². The molecule has 1 aromatic heterocycles. The topological polar surface area (TPSA) is 0 Å². The molecule has 0 aliphatic rings. The molecule has 0 N–H and O–H groups in total. The van der Waals surface area contributed by atoms with Gasteiger partial charge in [-0.15, -0.1) is 11.3 Å². The van der Waals surface area contributed by atoms with Crippen LogP contribution in [0.3, 0.4) is 0 Å². The van der Waals surface area contributed by atoms with Crippen molar-refractivity contribution < 1.29 is 0 Å². The van der Waals surface area contributed by atoms with Crippen molar-refractivity contribution in [2.75, 3.05) is 0 Å². The van der Waals surface area contributed by atoms with Crippen LogP contribution >= 0.6 is 49.9 Å². The van der Waals surface area contributed by atoms with Crippen molar-refractivity contribution in [3.05, 3.63) is 31.1 Å². The Hall–Kier alpha value is 0.390. The standard InChI is InChI=1S/C9H6BrIS/c1-5-2-3-7-6(4-5)8(10)9(11)12-7/h2-4H,1H3. The maximum atomic E-state index is 3.59. The number of hydrogen-bond acceptors (Lipinski definition) is 1. The fourth-order valence-corrected chi connectivity index (χ4v) is 3.66. The summed E-state index contributed by atoms with van der Waals surface area (Å²) in [6.45, 7) is 2.12. The Morgan fingerprint density at radius 2 is 2.17 bits per heavy atom. The highest BCUT2D eigenvalue weighted by Gasteiger charge is 2.06. The number of halogens is 2. The third-order valence-electron chi connectivity index (χ3n) is 1.74. The summed E-state index contributed by atoms with van der Waals surface area (Å²) in [6, 6.07) is 6.56. The van der Waals surface area contributed by atoms with Gasteiger partial charge in [-0.25, -0.2) is 0 Å². The van der Waals surface area contributed by atoms with E-state index < -0.39 is 0 Å². The summed E-state index contributed by atoms with van der Waals surface area (Å²) in [7, 11) is 0. The molecule has 0 spiro atoms. The Kier molecular flexibility index (Phi) is 2.44. The number of thiophene rings is 1. The number of benzene rings is 1. The lowest BCUT2D eigenvalue weighted by Crippen LogP contribution is -1.69. The lowest BCUT2D eigenvalue weighted by atomic mass is 10.2. The second kappa shape index (κ2) is 3.27. The molecule has 0 saturated carbocycles. The molecule has 0 unspecified atom stereocenters. The van der Waals surface area contributed by atoms with E-state index in [1.54, 1.807) is 0 Å². The first kappa shape index (κ1) is 8.97. The van der Waals surface area contributed by atoms with Crippen LogP contribution in [0.25, 0.3) is 10.1 Å². The van der Waals surface area contributed by atoms with Crippen molar-refractivity contribution in [2.24, 2.45) is 0 Å². The lowest BCUT2D eigenvalue weighted by molar-refractivity contribution is 1.51. The Bertz CT molecular complexity index is 433. The van der Waals surface area contributed by atoms with Gasteiger partial charge in [0.15, 0.2) is 0 Å². The molecule has 2 rings (SSSR count). The van der Waals surface area contributed by atoms with E-state index in [9.17, 15) is 0 Å². The molecular weight excluding hydrogens is 347 g/mol. The molecule has 0 saturated heterocycles. The fourth-order valence-electron chi connectivity index (χ4n) is 1.15. The van der Waals surface area contributed by atoms with Crippen LogP contribution < -0.4 is 0 Å². The minimum Gasteiger partial charge on any atom is -0.128 e. The Morgan fingerprint density at radius 1 is 1.42 bits per heavy atom. The van der Waals surface area contributed by atoms with Crippen molar-refractivity contribution in [3.63, 3.8) is 0 Å². The minimum atomic E-state index is 1.24. The van der Waals surface area contributed by atoms with Crippen LogP contribution in [0.4, 0.5) is 0 Å². The predicted molar refractivity (Wildman–Crippen MR) is 67.0 cm³/mol. The number of hydrogen-bond donors (Lipinski definition) is 0. The van der Waals surface area contributed by atoms with E-state index in [2.05, 4.69) is 63.6 Å². The van der Waals surface area contributed by atoms with Crippen LogP contribution in [0, 0.1) is 9.81 Å². The molecule has 1 heterocycles. The van der Waals surface area contributed by atoms with Crippen LogP contribution in [0.15, 0.2) is 22.7 Å². The summed E-state index contributed by atoms with van der Waals surface area (Å²) >= 11 is 7.78. The monoisotopic (exact) mass is 352 g/mol. The number of fused-ring (bicyclic) bond motifs is 1. The average Bonchev–Trinajstić information content (AvgIpc) is 2.31. The van der Waals surface area contributed by atoms with Gasteiger partial charge in [0.1, 0.15) is 0 Å².